The van der Waals surface area contributed by atoms with Crippen molar-refractivity contribution < 1.29 is 13.3 Å². The van der Waals surface area contributed by atoms with Gasteiger partial charge >= 0.3 is 0 Å². The summed E-state index contributed by atoms with van der Waals surface area (Å²) in [7, 11) is -3.27. The van der Waals surface area contributed by atoms with E-state index in [-0.39, 0.29) is 0 Å². The molecule has 0 bridgehead atoms. The van der Waals surface area contributed by atoms with Gasteiger partial charge in [0.05, 0.1) is 32.7 Å². The van der Waals surface area contributed by atoms with E-state index in [1.165, 1.54) is 10.3 Å². The minimum atomic E-state index is -3.27. The summed E-state index contributed by atoms with van der Waals surface area (Å²) >= 11 is 0. The largest absolute Gasteiger partial charge is 0.333 e. The highest BCUT2D eigenvalue weighted by molar-refractivity contribution is 7.92. The van der Waals surface area contributed by atoms with E-state index in [1.54, 1.807) is 10.4 Å². The molecular weight excluding hydrogens is 260 g/mol. The Hall–Kier alpha value is -1.17. The lowest BCUT2D eigenvalue weighted by Crippen LogP contribution is -3.14. The Labute approximate surface area is 115 Å². The maximum atomic E-state index is 12.2. The lowest BCUT2D eigenvalue weighted by molar-refractivity contribution is -0.901. The van der Waals surface area contributed by atoms with E-state index >= 15 is 0 Å². The Balaban J connectivity index is 2.01. The van der Waals surface area contributed by atoms with Crippen LogP contribution in [0.5, 0.6) is 0 Å². The molecule has 0 aliphatic carbocycles. The molecule has 104 valence electrons. The maximum absolute atomic E-state index is 12.2. The van der Waals surface area contributed by atoms with Gasteiger partial charge in [0.2, 0.25) is 10.0 Å². The fraction of sp³-hybridized carbons (Fsp3) is 0.429. The Kier molecular flexibility index (Phi) is 4.74. The van der Waals surface area contributed by atoms with Gasteiger partial charge in [0.25, 0.3) is 0 Å². The zero-order chi connectivity index (χ0) is 13.7. The first-order valence-corrected chi connectivity index (χ1v) is 8.19. The molecule has 0 amide bonds. The second-order valence-electron chi connectivity index (χ2n) is 4.76. The number of nitrogens with zero attached hydrogens (tertiary/aromatic N) is 1. The lowest BCUT2D eigenvalue weighted by Gasteiger charge is -2.29. The average molecular weight is 281 g/mol. The van der Waals surface area contributed by atoms with Gasteiger partial charge in [-0.1, -0.05) is 30.3 Å². The van der Waals surface area contributed by atoms with Gasteiger partial charge < -0.3 is 4.90 Å². The topological polar surface area (TPSA) is 41.8 Å². The molecule has 1 aromatic carbocycles. The summed E-state index contributed by atoms with van der Waals surface area (Å²) in [6.45, 7) is 6.22. The first-order chi connectivity index (χ1) is 9.12. The van der Waals surface area contributed by atoms with Gasteiger partial charge in [0, 0.05) is 5.41 Å². The van der Waals surface area contributed by atoms with E-state index < -0.39 is 10.0 Å². The van der Waals surface area contributed by atoms with Crippen LogP contribution in [-0.2, 0) is 10.0 Å². The van der Waals surface area contributed by atoms with E-state index in [9.17, 15) is 8.42 Å². The number of sulfonamides is 1. The number of hydrogen-bond donors (Lipinski definition) is 1. The van der Waals surface area contributed by atoms with Gasteiger partial charge in [0.1, 0.15) is 0 Å². The minimum Gasteiger partial charge on any atom is -0.333 e. The number of hydrogen-bond acceptors (Lipinski definition) is 2. The number of piperazine rings is 1. The summed E-state index contributed by atoms with van der Waals surface area (Å²) in [5.74, 6) is 0. The van der Waals surface area contributed by atoms with Gasteiger partial charge in [-0.05, 0) is 18.6 Å². The molecule has 1 fully saturated rings. The molecule has 1 saturated heterocycles. The van der Waals surface area contributed by atoms with Crippen molar-refractivity contribution in [1.29, 1.82) is 0 Å². The molecular formula is C14H21N2O2S+. The van der Waals surface area contributed by atoms with Crippen LogP contribution in [0.15, 0.2) is 35.7 Å². The molecule has 1 aliphatic heterocycles. The third-order valence-corrected chi connectivity index (χ3v) is 5.09. The first kappa shape index (κ1) is 14.2. The maximum Gasteiger partial charge on any atom is 0.236 e. The number of quaternary nitrogens is 1. The van der Waals surface area contributed by atoms with Crippen molar-refractivity contribution in [3.8, 4) is 0 Å². The van der Waals surface area contributed by atoms with Crippen LogP contribution in [0.25, 0.3) is 6.08 Å². The van der Waals surface area contributed by atoms with Gasteiger partial charge in [0.15, 0.2) is 0 Å². The van der Waals surface area contributed by atoms with Crippen LogP contribution in [0.1, 0.15) is 12.5 Å². The summed E-state index contributed by atoms with van der Waals surface area (Å²) < 4.78 is 25.9. The van der Waals surface area contributed by atoms with Crippen molar-refractivity contribution in [2.24, 2.45) is 0 Å². The molecule has 19 heavy (non-hydrogen) atoms. The quantitative estimate of drug-likeness (QED) is 0.857. The van der Waals surface area contributed by atoms with Crippen LogP contribution in [0.2, 0.25) is 0 Å². The molecule has 1 aromatic rings. The zero-order valence-corrected chi connectivity index (χ0v) is 12.1. The van der Waals surface area contributed by atoms with Crippen LogP contribution in [0, 0.1) is 0 Å². The standard InChI is InChI=1S/C14H20N2O2S/c1-2-15-9-11-16(12-10-15)19(17,18)13-8-14-6-4-3-5-7-14/h3-8,13H,2,9-12H2,1H3/p+1/b13-8+. The van der Waals surface area contributed by atoms with Crippen molar-refractivity contribution in [2.75, 3.05) is 32.7 Å². The Morgan fingerprint density at radius 2 is 1.84 bits per heavy atom. The van der Waals surface area contributed by atoms with Crippen molar-refractivity contribution in [2.45, 2.75) is 6.92 Å². The average Bonchev–Trinajstić information content (AvgIpc) is 2.46. The van der Waals surface area contributed by atoms with E-state index in [4.69, 9.17) is 0 Å². The minimum absolute atomic E-state index is 0.616. The molecule has 1 N–H and O–H groups in total. The van der Waals surface area contributed by atoms with Crippen molar-refractivity contribution in [3.63, 3.8) is 0 Å². The van der Waals surface area contributed by atoms with Crippen molar-refractivity contribution in [1.82, 2.24) is 4.31 Å². The molecule has 1 heterocycles. The first-order valence-electron chi connectivity index (χ1n) is 6.68. The number of benzene rings is 1. The number of likely N-dealkylation sites (N-methyl/N-ethyl adjacent to an activating group) is 1. The fourth-order valence-corrected chi connectivity index (χ4v) is 3.42. The smallest absolute Gasteiger partial charge is 0.236 e. The molecule has 0 saturated carbocycles. The number of rotatable bonds is 4. The lowest BCUT2D eigenvalue weighted by atomic mass is 10.2. The number of nitrogens with one attached hydrogen (secondary N) is 1. The SMILES string of the molecule is CC[NH+]1CCN(S(=O)(=O)/C=C/c2ccccc2)CC1. The van der Waals surface area contributed by atoms with Gasteiger partial charge in [-0.15, -0.1) is 0 Å². The van der Waals surface area contributed by atoms with E-state index in [0.717, 1.165) is 25.2 Å². The summed E-state index contributed by atoms with van der Waals surface area (Å²) in [4.78, 5) is 1.47. The third kappa shape index (κ3) is 3.89. The van der Waals surface area contributed by atoms with Gasteiger partial charge in [-0.2, -0.15) is 4.31 Å². The molecule has 0 radical (unpaired) electrons. The highest BCUT2D eigenvalue weighted by Gasteiger charge is 2.26. The molecule has 0 spiro atoms. The Morgan fingerprint density at radius 3 is 2.42 bits per heavy atom. The third-order valence-electron chi connectivity index (χ3n) is 3.52. The second-order valence-corrected chi connectivity index (χ2v) is 6.58. The summed E-state index contributed by atoms with van der Waals surface area (Å²) in [5.41, 5.74) is 0.906. The molecule has 0 atom stereocenters. The highest BCUT2D eigenvalue weighted by Crippen LogP contribution is 2.08. The Bertz CT molecular complexity index is 518. The van der Waals surface area contributed by atoms with E-state index in [0.29, 0.717) is 13.1 Å². The molecule has 5 heteroatoms. The summed E-state index contributed by atoms with van der Waals surface area (Å²) in [6, 6.07) is 9.50. The van der Waals surface area contributed by atoms with Crippen molar-refractivity contribution >= 4 is 16.1 Å². The summed E-state index contributed by atoms with van der Waals surface area (Å²) in [6.07, 6.45) is 1.66. The molecule has 0 aromatic heterocycles. The van der Waals surface area contributed by atoms with E-state index in [1.807, 2.05) is 30.3 Å². The van der Waals surface area contributed by atoms with Gasteiger partial charge in [-0.3, -0.25) is 0 Å². The summed E-state index contributed by atoms with van der Waals surface area (Å²) in [5, 5.41) is 1.32. The zero-order valence-electron chi connectivity index (χ0n) is 11.2. The molecule has 0 unspecified atom stereocenters. The fourth-order valence-electron chi connectivity index (χ4n) is 2.23. The van der Waals surface area contributed by atoms with Crippen molar-refractivity contribution in [3.05, 3.63) is 41.3 Å². The van der Waals surface area contributed by atoms with Crippen LogP contribution in [-0.4, -0.2) is 45.4 Å². The van der Waals surface area contributed by atoms with Crippen LogP contribution in [0.4, 0.5) is 0 Å². The molecule has 4 nitrogen and oxygen atoms in total. The predicted octanol–water partition coefficient (Wildman–Crippen LogP) is 0.208. The predicted molar refractivity (Wildman–Crippen MR) is 77.2 cm³/mol. The Morgan fingerprint density at radius 1 is 1.21 bits per heavy atom. The molecule has 2 rings (SSSR count). The molecule has 1 aliphatic rings. The van der Waals surface area contributed by atoms with Crippen LogP contribution in [0.3, 0.4) is 0 Å². The van der Waals surface area contributed by atoms with Crippen LogP contribution >= 0.6 is 0 Å². The normalized spacial score (nSPS) is 19.0. The van der Waals surface area contributed by atoms with E-state index in [2.05, 4.69) is 6.92 Å². The second kappa shape index (κ2) is 6.32. The van der Waals surface area contributed by atoms with Crippen LogP contribution < -0.4 is 4.90 Å². The monoisotopic (exact) mass is 281 g/mol. The van der Waals surface area contributed by atoms with Gasteiger partial charge in [-0.25, -0.2) is 8.42 Å². The highest BCUT2D eigenvalue weighted by atomic mass is 32.2.